The molecule has 2 saturated heterocycles. The van der Waals surface area contributed by atoms with E-state index in [1.54, 1.807) is 18.3 Å². The van der Waals surface area contributed by atoms with Crippen LogP contribution in [0.4, 0.5) is 4.39 Å². The predicted molar refractivity (Wildman–Crippen MR) is 99.1 cm³/mol. The van der Waals surface area contributed by atoms with Crippen LogP contribution < -0.4 is 5.32 Å². The van der Waals surface area contributed by atoms with Gasteiger partial charge in [-0.05, 0) is 55.5 Å². The van der Waals surface area contributed by atoms with Crippen LogP contribution in [-0.2, 0) is 16.9 Å². The third-order valence-corrected chi connectivity index (χ3v) is 5.79. The van der Waals surface area contributed by atoms with Gasteiger partial charge >= 0.3 is 0 Å². The molecule has 2 N–H and O–H groups in total. The monoisotopic (exact) mass is 369 g/mol. The molecule has 0 radical (unpaired) electrons. The second-order valence-electron chi connectivity index (χ2n) is 7.62. The maximum Gasteiger partial charge on any atom is 0.234 e. The van der Waals surface area contributed by atoms with Crippen molar-refractivity contribution in [3.8, 4) is 0 Å². The summed E-state index contributed by atoms with van der Waals surface area (Å²) in [5.41, 5.74) is 0.687. The molecule has 1 amide bonds. The highest BCUT2D eigenvalue weighted by Gasteiger charge is 2.49. The lowest BCUT2D eigenvalue weighted by Crippen LogP contribution is -2.52. The zero-order chi connectivity index (χ0) is 18.9. The van der Waals surface area contributed by atoms with Crippen molar-refractivity contribution in [3.63, 3.8) is 0 Å². The number of piperidine rings is 1. The van der Waals surface area contributed by atoms with Crippen LogP contribution in [0.3, 0.4) is 0 Å². The molecular weight excluding hydrogens is 345 g/mol. The molecule has 2 fully saturated rings. The number of pyridine rings is 1. The maximum atomic E-state index is 13.0. The number of aromatic nitrogens is 1. The van der Waals surface area contributed by atoms with Crippen LogP contribution in [0, 0.1) is 5.82 Å². The molecule has 0 aliphatic carbocycles. The molecule has 4 rings (SSSR count). The topological polar surface area (TPSA) is 65.5 Å². The third-order valence-electron chi connectivity index (χ3n) is 5.79. The summed E-state index contributed by atoms with van der Waals surface area (Å²) in [5, 5.41) is 14.0. The lowest BCUT2D eigenvalue weighted by atomic mass is 9.83. The summed E-state index contributed by atoms with van der Waals surface area (Å²) in [7, 11) is 0. The average molecular weight is 369 g/mol. The van der Waals surface area contributed by atoms with Crippen molar-refractivity contribution in [2.45, 2.75) is 49.9 Å². The van der Waals surface area contributed by atoms with Gasteiger partial charge in [0, 0.05) is 24.8 Å². The maximum absolute atomic E-state index is 13.0. The zero-order valence-electron chi connectivity index (χ0n) is 15.1. The summed E-state index contributed by atoms with van der Waals surface area (Å²) in [6.45, 7) is 0.717. The molecule has 1 aromatic carbocycles. The summed E-state index contributed by atoms with van der Waals surface area (Å²) in [6, 6.07) is 12.1. The summed E-state index contributed by atoms with van der Waals surface area (Å²) >= 11 is 0. The summed E-state index contributed by atoms with van der Waals surface area (Å²) in [4.78, 5) is 19.0. The van der Waals surface area contributed by atoms with E-state index in [-0.39, 0.29) is 23.8 Å². The lowest BCUT2D eigenvalue weighted by Gasteiger charge is -2.43. The Hall–Kier alpha value is -2.31. The first-order chi connectivity index (χ1) is 13.0. The van der Waals surface area contributed by atoms with Crippen molar-refractivity contribution in [3.05, 3.63) is 65.7 Å². The van der Waals surface area contributed by atoms with Crippen LogP contribution >= 0.6 is 0 Å². The summed E-state index contributed by atoms with van der Waals surface area (Å²) in [6.07, 6.45) is 4.90. The molecule has 2 atom stereocenters. The number of carbonyl (C=O) groups is 1. The van der Waals surface area contributed by atoms with Crippen LogP contribution in [0.25, 0.3) is 0 Å². The number of benzene rings is 1. The minimum Gasteiger partial charge on any atom is -0.383 e. The normalized spacial score (nSPS) is 27.5. The third kappa shape index (κ3) is 3.87. The Morgan fingerprint density at radius 1 is 1.19 bits per heavy atom. The van der Waals surface area contributed by atoms with Crippen molar-refractivity contribution in [1.29, 1.82) is 0 Å². The van der Waals surface area contributed by atoms with Crippen molar-refractivity contribution < 1.29 is 14.3 Å². The number of halogens is 1. The van der Waals surface area contributed by atoms with Gasteiger partial charge in [0.1, 0.15) is 11.4 Å². The van der Waals surface area contributed by atoms with Crippen LogP contribution in [0.15, 0.2) is 48.7 Å². The molecule has 27 heavy (non-hydrogen) atoms. The molecule has 1 aromatic heterocycles. The van der Waals surface area contributed by atoms with E-state index in [1.807, 2.05) is 18.2 Å². The standard InChI is InChI=1S/C21H24FN3O2/c22-16-6-4-15(5-7-16)13-24-20(26)14-25-17-8-9-18(25)12-21(27,11-17)19-3-1-2-10-23-19/h1-7,10,17-18,27H,8-9,11-14H2,(H,24,26)/t17-,18-/m1/s1. The number of hydrogen-bond donors (Lipinski definition) is 2. The molecule has 5 nitrogen and oxygen atoms in total. The van der Waals surface area contributed by atoms with E-state index in [1.165, 1.54) is 12.1 Å². The van der Waals surface area contributed by atoms with E-state index in [0.29, 0.717) is 25.9 Å². The van der Waals surface area contributed by atoms with E-state index in [4.69, 9.17) is 0 Å². The van der Waals surface area contributed by atoms with E-state index in [2.05, 4.69) is 15.2 Å². The Balaban J connectivity index is 1.35. The Morgan fingerprint density at radius 2 is 1.89 bits per heavy atom. The minimum atomic E-state index is -0.909. The molecular formula is C21H24FN3O2. The van der Waals surface area contributed by atoms with Crippen LogP contribution in [0.5, 0.6) is 0 Å². The Kier molecular flexibility index (Phi) is 4.93. The van der Waals surface area contributed by atoms with Crippen LogP contribution in [0.1, 0.15) is 36.9 Å². The molecule has 142 valence electrons. The van der Waals surface area contributed by atoms with Gasteiger partial charge in [0.2, 0.25) is 5.91 Å². The molecule has 0 spiro atoms. The van der Waals surface area contributed by atoms with Gasteiger partial charge in [-0.3, -0.25) is 14.7 Å². The van der Waals surface area contributed by atoms with E-state index in [9.17, 15) is 14.3 Å². The van der Waals surface area contributed by atoms with Crippen molar-refractivity contribution in [2.24, 2.45) is 0 Å². The Labute approximate surface area is 158 Å². The molecule has 2 aromatic rings. The zero-order valence-corrected chi connectivity index (χ0v) is 15.1. The van der Waals surface area contributed by atoms with Crippen molar-refractivity contribution >= 4 is 5.91 Å². The molecule has 2 aliphatic heterocycles. The second-order valence-corrected chi connectivity index (χ2v) is 7.62. The quantitative estimate of drug-likeness (QED) is 0.849. The van der Waals surface area contributed by atoms with E-state index in [0.717, 1.165) is 24.1 Å². The smallest absolute Gasteiger partial charge is 0.234 e. The van der Waals surface area contributed by atoms with Gasteiger partial charge in [-0.15, -0.1) is 0 Å². The average Bonchev–Trinajstić information content (AvgIpc) is 2.92. The first kappa shape index (κ1) is 18.1. The second kappa shape index (κ2) is 7.37. The fraction of sp³-hybridized carbons (Fsp3) is 0.429. The molecule has 6 heteroatoms. The number of hydrogen-bond acceptors (Lipinski definition) is 4. The highest BCUT2D eigenvalue weighted by atomic mass is 19.1. The highest BCUT2D eigenvalue weighted by Crippen LogP contribution is 2.44. The van der Waals surface area contributed by atoms with Gasteiger partial charge in [-0.1, -0.05) is 18.2 Å². The largest absolute Gasteiger partial charge is 0.383 e. The number of carbonyl (C=O) groups excluding carboxylic acids is 1. The Morgan fingerprint density at radius 3 is 2.52 bits per heavy atom. The van der Waals surface area contributed by atoms with Crippen molar-refractivity contribution in [1.82, 2.24) is 15.2 Å². The number of fused-ring (bicyclic) bond motifs is 2. The van der Waals surface area contributed by atoms with Crippen LogP contribution in [0.2, 0.25) is 0 Å². The summed E-state index contributed by atoms with van der Waals surface area (Å²) < 4.78 is 13.0. The van der Waals surface area contributed by atoms with Gasteiger partial charge in [0.15, 0.2) is 0 Å². The van der Waals surface area contributed by atoms with Crippen molar-refractivity contribution in [2.75, 3.05) is 6.54 Å². The van der Waals surface area contributed by atoms with E-state index < -0.39 is 5.60 Å². The number of nitrogens with one attached hydrogen (secondary N) is 1. The highest BCUT2D eigenvalue weighted by molar-refractivity contribution is 5.78. The van der Waals surface area contributed by atoms with Gasteiger partial charge in [-0.2, -0.15) is 0 Å². The fourth-order valence-corrected chi connectivity index (χ4v) is 4.45. The first-order valence-corrected chi connectivity index (χ1v) is 9.44. The van der Waals surface area contributed by atoms with Gasteiger partial charge in [0.05, 0.1) is 12.2 Å². The molecule has 0 unspecified atom stereocenters. The van der Waals surface area contributed by atoms with E-state index >= 15 is 0 Å². The number of aliphatic hydroxyl groups is 1. The fourth-order valence-electron chi connectivity index (χ4n) is 4.45. The van der Waals surface area contributed by atoms with Gasteiger partial charge < -0.3 is 10.4 Å². The number of amides is 1. The number of rotatable bonds is 5. The molecule has 2 aliphatic rings. The molecule has 0 saturated carbocycles. The van der Waals surface area contributed by atoms with Gasteiger partial charge in [0.25, 0.3) is 0 Å². The Bertz CT molecular complexity index is 783. The van der Waals surface area contributed by atoms with Crippen LogP contribution in [-0.4, -0.2) is 39.5 Å². The summed E-state index contributed by atoms with van der Waals surface area (Å²) in [5.74, 6) is -0.324. The minimum absolute atomic E-state index is 0.0421. The predicted octanol–water partition coefficient (Wildman–Crippen LogP) is 2.35. The number of nitrogens with zero attached hydrogens (tertiary/aromatic N) is 2. The first-order valence-electron chi connectivity index (χ1n) is 9.44. The molecule has 3 heterocycles. The van der Waals surface area contributed by atoms with Gasteiger partial charge in [-0.25, -0.2) is 4.39 Å². The molecule has 2 bridgehead atoms. The SMILES string of the molecule is O=C(CN1[C@@H]2CC[C@@H]1CC(O)(c1ccccn1)C2)NCc1ccc(F)cc1. The lowest BCUT2D eigenvalue weighted by molar-refractivity contribution is -0.126.